The number of hydrogen-bond donors (Lipinski definition) is 1. The summed E-state index contributed by atoms with van der Waals surface area (Å²) in [7, 11) is 0. The predicted molar refractivity (Wildman–Crippen MR) is 76.1 cm³/mol. The summed E-state index contributed by atoms with van der Waals surface area (Å²) < 4.78 is 5.39. The molecule has 2 N–H and O–H groups in total. The van der Waals surface area contributed by atoms with Crippen LogP contribution in [0.5, 0.6) is 0 Å². The van der Waals surface area contributed by atoms with Crippen molar-refractivity contribution in [1.29, 1.82) is 0 Å². The minimum absolute atomic E-state index is 0.347. The van der Waals surface area contributed by atoms with E-state index >= 15 is 0 Å². The third kappa shape index (κ3) is 2.21. The van der Waals surface area contributed by atoms with Gasteiger partial charge < -0.3 is 10.3 Å². The van der Waals surface area contributed by atoms with Gasteiger partial charge in [0.15, 0.2) is 5.82 Å². The second-order valence-electron chi connectivity index (χ2n) is 5.37. The van der Waals surface area contributed by atoms with E-state index in [-0.39, 0.29) is 5.54 Å². The van der Waals surface area contributed by atoms with Crippen molar-refractivity contribution in [2.75, 3.05) is 0 Å². The Morgan fingerprint density at radius 1 is 1.47 bits per heavy atom. The highest BCUT2D eigenvalue weighted by Crippen LogP contribution is 2.38. The summed E-state index contributed by atoms with van der Waals surface area (Å²) in [5.74, 6) is 1.28. The van der Waals surface area contributed by atoms with E-state index in [2.05, 4.69) is 30.1 Å². The summed E-state index contributed by atoms with van der Waals surface area (Å²) in [6.45, 7) is 4.34. The van der Waals surface area contributed by atoms with E-state index < -0.39 is 0 Å². The summed E-state index contributed by atoms with van der Waals surface area (Å²) in [5.41, 5.74) is 7.25. The fraction of sp³-hybridized carbons (Fsp3) is 0.571. The van der Waals surface area contributed by atoms with E-state index in [4.69, 9.17) is 10.3 Å². The van der Waals surface area contributed by atoms with Crippen LogP contribution in [0.3, 0.4) is 0 Å². The molecule has 2 heterocycles. The van der Waals surface area contributed by atoms with Crippen LogP contribution in [0.1, 0.15) is 48.9 Å². The van der Waals surface area contributed by atoms with Gasteiger partial charge in [0.05, 0.1) is 10.4 Å². The maximum atomic E-state index is 6.22. The van der Waals surface area contributed by atoms with Gasteiger partial charge in [-0.1, -0.05) is 18.5 Å². The highest BCUT2D eigenvalue weighted by atomic mass is 32.1. The van der Waals surface area contributed by atoms with Crippen LogP contribution in [0, 0.1) is 6.92 Å². The summed E-state index contributed by atoms with van der Waals surface area (Å²) in [5, 5.41) is 4.07. The van der Waals surface area contributed by atoms with Crippen LogP contribution in [0.15, 0.2) is 10.6 Å². The van der Waals surface area contributed by atoms with Gasteiger partial charge in [0.2, 0.25) is 0 Å². The Hall–Kier alpha value is -1.20. The SMILES string of the molecule is CCCc1cc(-c2nc(C3(N)CCC3)no2)sc1C. The zero-order chi connectivity index (χ0) is 13.5. The topological polar surface area (TPSA) is 64.9 Å². The molecule has 2 aromatic rings. The predicted octanol–water partition coefficient (Wildman–Crippen LogP) is 3.40. The first-order valence-electron chi connectivity index (χ1n) is 6.85. The molecule has 0 radical (unpaired) electrons. The van der Waals surface area contributed by atoms with Gasteiger partial charge in [-0.3, -0.25) is 0 Å². The van der Waals surface area contributed by atoms with Gasteiger partial charge in [-0.2, -0.15) is 4.98 Å². The zero-order valence-electron chi connectivity index (χ0n) is 11.4. The lowest BCUT2D eigenvalue weighted by Gasteiger charge is -2.34. The van der Waals surface area contributed by atoms with Crippen LogP contribution < -0.4 is 5.73 Å². The van der Waals surface area contributed by atoms with Crippen molar-refractivity contribution >= 4 is 11.3 Å². The Bertz CT molecular complexity index is 583. The minimum Gasteiger partial charge on any atom is -0.333 e. The van der Waals surface area contributed by atoms with Crippen LogP contribution in [-0.2, 0) is 12.0 Å². The van der Waals surface area contributed by atoms with Crippen LogP contribution in [0.4, 0.5) is 0 Å². The van der Waals surface area contributed by atoms with Gasteiger partial charge in [0, 0.05) is 4.88 Å². The van der Waals surface area contributed by atoms with Crippen molar-refractivity contribution in [3.05, 3.63) is 22.3 Å². The molecule has 0 aromatic carbocycles. The van der Waals surface area contributed by atoms with E-state index in [9.17, 15) is 0 Å². The molecule has 0 aliphatic heterocycles. The second-order valence-corrected chi connectivity index (χ2v) is 6.63. The molecule has 2 aromatic heterocycles. The van der Waals surface area contributed by atoms with Crippen molar-refractivity contribution < 1.29 is 4.52 Å². The Morgan fingerprint density at radius 2 is 2.26 bits per heavy atom. The van der Waals surface area contributed by atoms with E-state index in [1.165, 1.54) is 10.4 Å². The van der Waals surface area contributed by atoms with Crippen LogP contribution in [0.2, 0.25) is 0 Å². The molecule has 19 heavy (non-hydrogen) atoms. The molecule has 1 fully saturated rings. The average molecular weight is 277 g/mol. The number of rotatable bonds is 4. The number of nitrogens with two attached hydrogens (primary N) is 1. The first kappa shape index (κ1) is 12.8. The molecule has 0 amide bonds. The Balaban J connectivity index is 1.88. The normalized spacial score (nSPS) is 17.4. The number of aromatic nitrogens is 2. The summed E-state index contributed by atoms with van der Waals surface area (Å²) in [6, 6.07) is 2.17. The third-order valence-corrected chi connectivity index (χ3v) is 4.95. The molecule has 3 rings (SSSR count). The Kier molecular flexibility index (Phi) is 3.19. The summed E-state index contributed by atoms with van der Waals surface area (Å²) in [4.78, 5) is 6.89. The van der Waals surface area contributed by atoms with Crippen molar-refractivity contribution in [1.82, 2.24) is 10.1 Å². The molecule has 1 aliphatic carbocycles. The number of aryl methyl sites for hydroxylation is 2. The smallest absolute Gasteiger partial charge is 0.268 e. The standard InChI is InChI=1S/C14H19N3OS/c1-3-5-10-8-11(19-9(10)2)12-16-13(17-18-12)14(15)6-4-7-14/h8H,3-7,15H2,1-2H3. The number of nitrogens with zero attached hydrogens (tertiary/aromatic N) is 2. The highest BCUT2D eigenvalue weighted by molar-refractivity contribution is 7.15. The van der Waals surface area contributed by atoms with Crippen molar-refractivity contribution in [3.63, 3.8) is 0 Å². The van der Waals surface area contributed by atoms with Crippen LogP contribution >= 0.6 is 11.3 Å². The number of hydrogen-bond acceptors (Lipinski definition) is 5. The lowest BCUT2D eigenvalue weighted by atomic mass is 9.77. The Labute approximate surface area is 117 Å². The second kappa shape index (κ2) is 4.72. The quantitative estimate of drug-likeness (QED) is 0.930. The van der Waals surface area contributed by atoms with E-state index in [0.717, 1.165) is 37.0 Å². The van der Waals surface area contributed by atoms with Gasteiger partial charge in [0.1, 0.15) is 0 Å². The fourth-order valence-corrected chi connectivity index (χ4v) is 3.44. The maximum absolute atomic E-state index is 6.22. The van der Waals surface area contributed by atoms with Crippen molar-refractivity contribution in [2.24, 2.45) is 5.73 Å². The molecule has 0 bridgehead atoms. The van der Waals surface area contributed by atoms with Gasteiger partial charge >= 0.3 is 0 Å². The van der Waals surface area contributed by atoms with E-state index in [0.29, 0.717) is 11.7 Å². The largest absolute Gasteiger partial charge is 0.333 e. The molecule has 102 valence electrons. The number of thiophene rings is 1. The lowest BCUT2D eigenvalue weighted by molar-refractivity contribution is 0.229. The molecule has 0 atom stereocenters. The minimum atomic E-state index is -0.347. The lowest BCUT2D eigenvalue weighted by Crippen LogP contribution is -2.44. The highest BCUT2D eigenvalue weighted by Gasteiger charge is 2.39. The molecule has 0 spiro atoms. The monoisotopic (exact) mass is 277 g/mol. The average Bonchev–Trinajstić information content (AvgIpc) is 2.95. The Morgan fingerprint density at radius 3 is 2.89 bits per heavy atom. The first-order chi connectivity index (χ1) is 9.12. The molecule has 1 aliphatic rings. The van der Waals surface area contributed by atoms with Crippen molar-refractivity contribution in [2.45, 2.75) is 51.5 Å². The fourth-order valence-electron chi connectivity index (χ4n) is 2.45. The molecule has 4 nitrogen and oxygen atoms in total. The van der Waals surface area contributed by atoms with E-state index in [1.54, 1.807) is 11.3 Å². The van der Waals surface area contributed by atoms with Gasteiger partial charge in [-0.05, 0) is 44.2 Å². The molecule has 5 heteroatoms. The summed E-state index contributed by atoms with van der Waals surface area (Å²) >= 11 is 1.72. The van der Waals surface area contributed by atoms with Crippen molar-refractivity contribution in [3.8, 4) is 10.8 Å². The third-order valence-electron chi connectivity index (χ3n) is 3.87. The van der Waals surface area contributed by atoms with Crippen LogP contribution in [-0.4, -0.2) is 10.1 Å². The first-order valence-corrected chi connectivity index (χ1v) is 7.67. The van der Waals surface area contributed by atoms with Gasteiger partial charge in [-0.25, -0.2) is 0 Å². The van der Waals surface area contributed by atoms with Crippen LogP contribution in [0.25, 0.3) is 10.8 Å². The zero-order valence-corrected chi connectivity index (χ0v) is 12.2. The molecule has 0 unspecified atom stereocenters. The van der Waals surface area contributed by atoms with Gasteiger partial charge in [-0.15, -0.1) is 11.3 Å². The van der Waals surface area contributed by atoms with E-state index in [1.807, 2.05) is 0 Å². The maximum Gasteiger partial charge on any atom is 0.268 e. The molecular weight excluding hydrogens is 258 g/mol. The molecular formula is C14H19N3OS. The van der Waals surface area contributed by atoms with Gasteiger partial charge in [0.25, 0.3) is 5.89 Å². The molecule has 1 saturated carbocycles. The molecule has 0 saturated heterocycles. The summed E-state index contributed by atoms with van der Waals surface area (Å²) in [6.07, 6.45) is 5.31.